The van der Waals surface area contributed by atoms with Gasteiger partial charge >= 0.3 is 0 Å². The van der Waals surface area contributed by atoms with E-state index in [4.69, 9.17) is 0 Å². The van der Waals surface area contributed by atoms with Crippen molar-refractivity contribution < 1.29 is 4.79 Å². The number of thiophene rings is 1. The molecular weight excluding hydrogens is 368 g/mol. The van der Waals surface area contributed by atoms with Gasteiger partial charge < -0.3 is 14.4 Å². The molecule has 144 valence electrons. The molecule has 1 saturated heterocycles. The molecule has 5 rings (SSSR count). The third-order valence-corrected chi connectivity index (χ3v) is 6.89. The van der Waals surface area contributed by atoms with Crippen LogP contribution in [0.25, 0.3) is 5.82 Å². The van der Waals surface area contributed by atoms with Crippen LogP contribution in [0.5, 0.6) is 0 Å². The second-order valence-corrected chi connectivity index (χ2v) is 8.55. The van der Waals surface area contributed by atoms with Crippen LogP contribution < -0.4 is 4.90 Å². The minimum absolute atomic E-state index is 0.150. The van der Waals surface area contributed by atoms with E-state index in [9.17, 15) is 4.79 Å². The van der Waals surface area contributed by atoms with Gasteiger partial charge in [-0.25, -0.2) is 4.98 Å². The van der Waals surface area contributed by atoms with Crippen molar-refractivity contribution in [1.82, 2.24) is 14.5 Å². The van der Waals surface area contributed by atoms with Crippen LogP contribution >= 0.6 is 11.3 Å². The Hall–Kier alpha value is -2.60. The molecule has 1 amide bonds. The van der Waals surface area contributed by atoms with E-state index in [-0.39, 0.29) is 11.4 Å². The predicted molar refractivity (Wildman–Crippen MR) is 112 cm³/mol. The van der Waals surface area contributed by atoms with Crippen LogP contribution in [0.15, 0.2) is 54.2 Å². The van der Waals surface area contributed by atoms with E-state index in [0.717, 1.165) is 43.0 Å². The predicted octanol–water partition coefficient (Wildman–Crippen LogP) is 4.30. The molecule has 0 N–H and O–H groups in total. The highest BCUT2D eigenvalue weighted by Crippen LogP contribution is 2.47. The first-order chi connectivity index (χ1) is 13.7. The Kier molecular flexibility index (Phi) is 4.23. The number of likely N-dealkylation sites (tertiary alicyclic amines) is 1. The van der Waals surface area contributed by atoms with E-state index in [1.807, 2.05) is 34.7 Å². The zero-order chi connectivity index (χ0) is 19.1. The van der Waals surface area contributed by atoms with Gasteiger partial charge in [-0.3, -0.25) is 4.79 Å². The van der Waals surface area contributed by atoms with Crippen molar-refractivity contribution >= 4 is 22.9 Å². The summed E-state index contributed by atoms with van der Waals surface area (Å²) < 4.78 is 2.22. The molecule has 6 heteroatoms. The van der Waals surface area contributed by atoms with Gasteiger partial charge in [0.05, 0.1) is 16.3 Å². The lowest BCUT2D eigenvalue weighted by atomic mass is 9.88. The summed E-state index contributed by atoms with van der Waals surface area (Å²) in [4.78, 5) is 23.1. The van der Waals surface area contributed by atoms with Crippen LogP contribution in [0.2, 0.25) is 0 Å². The van der Waals surface area contributed by atoms with Crippen molar-refractivity contribution in [3.63, 3.8) is 0 Å². The molecular formula is C22H24N4OS. The smallest absolute Gasteiger partial charge is 0.264 e. The number of aromatic nitrogens is 2. The fourth-order valence-electron chi connectivity index (χ4n) is 4.70. The Balaban J connectivity index is 1.58. The van der Waals surface area contributed by atoms with Crippen LogP contribution in [0.4, 0.5) is 5.69 Å². The zero-order valence-electron chi connectivity index (χ0n) is 16.0. The summed E-state index contributed by atoms with van der Waals surface area (Å²) in [5.74, 6) is 1.14. The second kappa shape index (κ2) is 6.78. The second-order valence-electron chi connectivity index (χ2n) is 7.60. The zero-order valence-corrected chi connectivity index (χ0v) is 16.9. The highest BCUT2D eigenvalue weighted by Gasteiger charge is 2.50. The molecule has 1 atom stereocenters. The van der Waals surface area contributed by atoms with Gasteiger partial charge in [-0.1, -0.05) is 19.4 Å². The fourth-order valence-corrected chi connectivity index (χ4v) is 5.39. The number of amides is 1. The Morgan fingerprint density at radius 3 is 3.00 bits per heavy atom. The number of carbonyl (C=O) groups excluding carboxylic acids is 1. The molecule has 3 aromatic rings. The average molecular weight is 393 g/mol. The van der Waals surface area contributed by atoms with Gasteiger partial charge in [-0.15, -0.1) is 11.3 Å². The Morgan fingerprint density at radius 1 is 1.25 bits per heavy atom. The molecule has 2 aliphatic heterocycles. The van der Waals surface area contributed by atoms with Crippen molar-refractivity contribution in [1.29, 1.82) is 0 Å². The van der Waals surface area contributed by atoms with Crippen LogP contribution in [-0.2, 0) is 5.54 Å². The van der Waals surface area contributed by atoms with Crippen LogP contribution in [0.3, 0.4) is 0 Å². The number of hydrogen-bond donors (Lipinski definition) is 0. The first-order valence-electron chi connectivity index (χ1n) is 9.98. The third-order valence-electron chi connectivity index (χ3n) is 6.03. The topological polar surface area (TPSA) is 41.4 Å². The minimum Gasteiger partial charge on any atom is -0.355 e. The number of fused-ring (bicyclic) bond motifs is 4. The fraction of sp³-hybridized carbons (Fsp3) is 0.364. The van der Waals surface area contributed by atoms with Gasteiger partial charge in [0.2, 0.25) is 0 Å². The molecule has 5 heterocycles. The van der Waals surface area contributed by atoms with Crippen molar-refractivity contribution in [3.8, 4) is 5.82 Å². The van der Waals surface area contributed by atoms with E-state index in [2.05, 4.69) is 45.8 Å². The lowest BCUT2D eigenvalue weighted by Gasteiger charge is -2.47. The van der Waals surface area contributed by atoms with Crippen molar-refractivity contribution in [2.24, 2.45) is 0 Å². The van der Waals surface area contributed by atoms with Crippen molar-refractivity contribution in [2.75, 3.05) is 24.5 Å². The minimum atomic E-state index is -0.193. The summed E-state index contributed by atoms with van der Waals surface area (Å²) in [5, 5.41) is 1.97. The normalized spacial score (nSPS) is 20.5. The van der Waals surface area contributed by atoms with E-state index in [1.54, 1.807) is 0 Å². The molecule has 3 aromatic heterocycles. The third kappa shape index (κ3) is 2.51. The lowest BCUT2D eigenvalue weighted by Crippen LogP contribution is -2.53. The van der Waals surface area contributed by atoms with Gasteiger partial charge in [0.15, 0.2) is 5.82 Å². The quantitative estimate of drug-likeness (QED) is 0.665. The van der Waals surface area contributed by atoms with E-state index in [0.29, 0.717) is 6.54 Å². The summed E-state index contributed by atoms with van der Waals surface area (Å²) in [7, 11) is 0. The standard InChI is InChI=1S/C22H24N4OS/c1-2-3-13-26-17-7-4-11-23-20(17)25-12-5-9-19(25)22(26)10-14-24(16-22)21(27)18-8-6-15-28-18/h4-9,11-12,15H,2-3,10,13-14,16H2,1H3/t22-/m1/s1. The first-order valence-corrected chi connectivity index (χ1v) is 10.9. The maximum absolute atomic E-state index is 13.0. The lowest BCUT2D eigenvalue weighted by molar-refractivity contribution is 0.0786. The summed E-state index contributed by atoms with van der Waals surface area (Å²) in [6, 6.07) is 12.4. The molecule has 5 nitrogen and oxygen atoms in total. The first kappa shape index (κ1) is 17.5. The van der Waals surface area contributed by atoms with Crippen molar-refractivity contribution in [3.05, 3.63) is 64.7 Å². The summed E-state index contributed by atoms with van der Waals surface area (Å²) in [5.41, 5.74) is 2.23. The monoisotopic (exact) mass is 392 g/mol. The molecule has 0 aliphatic carbocycles. The number of hydrogen-bond acceptors (Lipinski definition) is 4. The van der Waals surface area contributed by atoms with Gasteiger partial charge in [0, 0.05) is 32.0 Å². The van der Waals surface area contributed by atoms with E-state index < -0.39 is 0 Å². The van der Waals surface area contributed by atoms with Gasteiger partial charge in [-0.2, -0.15) is 0 Å². The number of anilines is 1. The van der Waals surface area contributed by atoms with Crippen LogP contribution in [-0.4, -0.2) is 40.0 Å². The Morgan fingerprint density at radius 2 is 2.18 bits per heavy atom. The number of unbranched alkanes of at least 4 members (excludes halogenated alkanes) is 1. The number of rotatable bonds is 4. The molecule has 28 heavy (non-hydrogen) atoms. The van der Waals surface area contributed by atoms with E-state index >= 15 is 0 Å². The highest BCUT2D eigenvalue weighted by atomic mass is 32.1. The number of carbonyl (C=O) groups is 1. The molecule has 1 fully saturated rings. The maximum Gasteiger partial charge on any atom is 0.264 e. The summed E-state index contributed by atoms with van der Waals surface area (Å²) in [6.45, 7) is 4.69. The maximum atomic E-state index is 13.0. The largest absolute Gasteiger partial charge is 0.355 e. The molecule has 0 bridgehead atoms. The van der Waals surface area contributed by atoms with Crippen molar-refractivity contribution in [2.45, 2.75) is 31.7 Å². The Bertz CT molecular complexity index is 996. The van der Waals surface area contributed by atoms with Crippen LogP contribution in [0.1, 0.15) is 41.6 Å². The molecule has 2 aliphatic rings. The highest BCUT2D eigenvalue weighted by molar-refractivity contribution is 7.12. The number of nitrogens with zero attached hydrogens (tertiary/aromatic N) is 4. The Labute approximate surface area is 169 Å². The molecule has 0 unspecified atom stereocenters. The van der Waals surface area contributed by atoms with Crippen LogP contribution in [0, 0.1) is 0 Å². The van der Waals surface area contributed by atoms with Gasteiger partial charge in [0.1, 0.15) is 5.54 Å². The summed E-state index contributed by atoms with van der Waals surface area (Å²) >= 11 is 1.52. The van der Waals surface area contributed by atoms with Gasteiger partial charge in [0.25, 0.3) is 5.91 Å². The van der Waals surface area contributed by atoms with E-state index in [1.165, 1.54) is 22.7 Å². The molecule has 0 saturated carbocycles. The SMILES string of the molecule is CCCCN1c2cccnc2-n2cccc2[C@]12CCN(C(=O)c1cccs1)C2. The number of pyridine rings is 1. The summed E-state index contributed by atoms with van der Waals surface area (Å²) in [6.07, 6.45) is 7.16. The molecule has 1 spiro atoms. The molecule has 0 radical (unpaired) electrons. The van der Waals surface area contributed by atoms with Gasteiger partial charge in [-0.05, 0) is 48.6 Å². The average Bonchev–Trinajstić information content (AvgIpc) is 3.48. The molecule has 0 aromatic carbocycles.